The van der Waals surface area contributed by atoms with Gasteiger partial charge in [0.05, 0.1) is 16.6 Å². The zero-order valence-corrected chi connectivity index (χ0v) is 18.8. The summed E-state index contributed by atoms with van der Waals surface area (Å²) in [5, 5.41) is 14.3. The third-order valence-electron chi connectivity index (χ3n) is 6.22. The summed E-state index contributed by atoms with van der Waals surface area (Å²) >= 11 is 0. The van der Waals surface area contributed by atoms with Crippen LogP contribution in [0.5, 0.6) is 5.75 Å². The van der Waals surface area contributed by atoms with E-state index in [-0.39, 0.29) is 22.4 Å². The first-order chi connectivity index (χ1) is 17.1. The molecule has 0 saturated carbocycles. The lowest BCUT2D eigenvalue weighted by molar-refractivity contribution is -0.137. The normalized spacial score (nSPS) is 19.2. The van der Waals surface area contributed by atoms with Crippen molar-refractivity contribution in [1.82, 2.24) is 15.0 Å². The zero-order valence-electron chi connectivity index (χ0n) is 18.8. The molecule has 1 aliphatic heterocycles. The van der Waals surface area contributed by atoms with Crippen LogP contribution in [0.4, 0.5) is 27.8 Å². The highest BCUT2D eigenvalue weighted by Crippen LogP contribution is 2.46. The molecule has 36 heavy (non-hydrogen) atoms. The minimum absolute atomic E-state index is 0.0535. The smallest absolute Gasteiger partial charge is 0.416 e. The standard InChI is InChI=1S/C25H19F5N4O2/c1-13-24(35,20-11-15(7-9-31-20)25(28,29)30)16-3-2-14(10-19(16)36-13)6-8-32-23-21-17(26)4-5-18(27)22(21)33-12-34-23/h2-5,7,9-13,35H,6,8H2,1H3,(H,32,33,34). The lowest BCUT2D eigenvalue weighted by Gasteiger charge is -2.26. The van der Waals surface area contributed by atoms with E-state index in [9.17, 15) is 27.1 Å². The van der Waals surface area contributed by atoms with E-state index in [0.29, 0.717) is 24.3 Å². The van der Waals surface area contributed by atoms with Crippen LogP contribution in [0.15, 0.2) is 55.0 Å². The lowest BCUT2D eigenvalue weighted by Crippen LogP contribution is -2.38. The van der Waals surface area contributed by atoms with Gasteiger partial charge in [-0.1, -0.05) is 12.1 Å². The SMILES string of the molecule is CC1Oc2cc(CCNc3ncnc4c(F)ccc(F)c34)ccc2C1(O)c1cc(C(F)(F)F)ccn1. The van der Waals surface area contributed by atoms with Crippen molar-refractivity contribution in [3.05, 3.63) is 89.0 Å². The van der Waals surface area contributed by atoms with Crippen LogP contribution in [0, 0.1) is 11.6 Å². The maximum Gasteiger partial charge on any atom is 0.416 e. The number of pyridine rings is 1. The molecule has 0 radical (unpaired) electrons. The molecule has 0 saturated heterocycles. The van der Waals surface area contributed by atoms with Crippen molar-refractivity contribution in [2.45, 2.75) is 31.2 Å². The Morgan fingerprint density at radius 1 is 1.03 bits per heavy atom. The molecule has 6 nitrogen and oxygen atoms in total. The summed E-state index contributed by atoms with van der Waals surface area (Å²) in [4.78, 5) is 11.8. The highest BCUT2D eigenvalue weighted by atomic mass is 19.4. The van der Waals surface area contributed by atoms with E-state index < -0.39 is 35.1 Å². The average Bonchev–Trinajstić information content (AvgIpc) is 3.11. The number of hydrogen-bond acceptors (Lipinski definition) is 6. The van der Waals surface area contributed by atoms with Gasteiger partial charge in [0, 0.05) is 18.3 Å². The molecule has 0 bridgehead atoms. The van der Waals surface area contributed by atoms with Gasteiger partial charge < -0.3 is 15.2 Å². The molecule has 0 fully saturated rings. The van der Waals surface area contributed by atoms with Gasteiger partial charge in [-0.2, -0.15) is 13.2 Å². The first-order valence-electron chi connectivity index (χ1n) is 11.0. The molecule has 2 N–H and O–H groups in total. The molecular weight excluding hydrogens is 483 g/mol. The van der Waals surface area contributed by atoms with Crippen molar-refractivity contribution < 1.29 is 31.8 Å². The van der Waals surface area contributed by atoms with Gasteiger partial charge in [0.2, 0.25) is 0 Å². The van der Waals surface area contributed by atoms with E-state index in [1.807, 2.05) is 0 Å². The number of rotatable bonds is 5. The van der Waals surface area contributed by atoms with Crippen LogP contribution in [0.2, 0.25) is 0 Å². The van der Waals surface area contributed by atoms with Crippen molar-refractivity contribution in [3.8, 4) is 5.75 Å². The van der Waals surface area contributed by atoms with Crippen molar-refractivity contribution >= 4 is 16.7 Å². The fourth-order valence-corrected chi connectivity index (χ4v) is 4.35. The number of anilines is 1. The van der Waals surface area contributed by atoms with Crippen LogP contribution in [0.1, 0.15) is 29.3 Å². The first-order valence-corrected chi connectivity index (χ1v) is 11.0. The van der Waals surface area contributed by atoms with Crippen molar-refractivity contribution in [2.24, 2.45) is 0 Å². The molecule has 2 aromatic heterocycles. The van der Waals surface area contributed by atoms with E-state index in [4.69, 9.17) is 4.74 Å². The summed E-state index contributed by atoms with van der Waals surface area (Å²) < 4.78 is 73.6. The number of aliphatic hydroxyl groups is 1. The maximum atomic E-state index is 14.3. The van der Waals surface area contributed by atoms with Gasteiger partial charge in [-0.05, 0) is 49.2 Å². The van der Waals surface area contributed by atoms with Crippen molar-refractivity contribution in [2.75, 3.05) is 11.9 Å². The molecule has 4 aromatic rings. The highest BCUT2D eigenvalue weighted by molar-refractivity contribution is 5.89. The third-order valence-corrected chi connectivity index (χ3v) is 6.22. The molecule has 2 aromatic carbocycles. The van der Waals surface area contributed by atoms with Crippen molar-refractivity contribution in [3.63, 3.8) is 0 Å². The van der Waals surface area contributed by atoms with E-state index >= 15 is 0 Å². The van der Waals surface area contributed by atoms with Gasteiger partial charge in [-0.25, -0.2) is 18.7 Å². The molecule has 0 spiro atoms. The van der Waals surface area contributed by atoms with E-state index in [1.165, 1.54) is 0 Å². The summed E-state index contributed by atoms with van der Waals surface area (Å²) in [6.45, 7) is 1.85. The molecule has 2 atom stereocenters. The number of hydrogen-bond donors (Lipinski definition) is 2. The predicted octanol–water partition coefficient (Wildman–Crippen LogP) is 4.99. The molecule has 186 valence electrons. The topological polar surface area (TPSA) is 80.2 Å². The monoisotopic (exact) mass is 502 g/mol. The number of nitrogens with zero attached hydrogens (tertiary/aromatic N) is 3. The van der Waals surface area contributed by atoms with Gasteiger partial charge in [0.15, 0.2) is 5.60 Å². The third kappa shape index (κ3) is 3.98. The van der Waals surface area contributed by atoms with E-state index in [2.05, 4.69) is 20.3 Å². The van der Waals surface area contributed by atoms with Gasteiger partial charge in [-0.15, -0.1) is 0 Å². The van der Waals surface area contributed by atoms with Crippen LogP contribution < -0.4 is 10.1 Å². The fraction of sp³-hybridized carbons (Fsp3) is 0.240. The van der Waals surface area contributed by atoms with Crippen LogP contribution in [-0.4, -0.2) is 32.7 Å². The number of aromatic nitrogens is 3. The molecule has 0 aliphatic carbocycles. The number of alkyl halides is 3. The highest BCUT2D eigenvalue weighted by Gasteiger charge is 2.48. The van der Waals surface area contributed by atoms with Crippen LogP contribution >= 0.6 is 0 Å². The summed E-state index contributed by atoms with van der Waals surface area (Å²) in [5.41, 5.74) is -2.00. The van der Waals surface area contributed by atoms with Gasteiger partial charge in [0.25, 0.3) is 0 Å². The largest absolute Gasteiger partial charge is 0.486 e. The molecule has 5 rings (SSSR count). The Labute approximate surface area is 201 Å². The first kappa shape index (κ1) is 23.9. The molecule has 11 heteroatoms. The van der Waals surface area contributed by atoms with Gasteiger partial charge in [-0.3, -0.25) is 4.98 Å². The summed E-state index contributed by atoms with van der Waals surface area (Å²) in [7, 11) is 0. The Balaban J connectivity index is 1.37. The molecular formula is C25H19F5N4O2. The van der Waals surface area contributed by atoms with Crippen molar-refractivity contribution in [1.29, 1.82) is 0 Å². The van der Waals surface area contributed by atoms with Gasteiger partial charge in [0.1, 0.15) is 41.1 Å². The number of ether oxygens (including phenoxy) is 1. The minimum atomic E-state index is -4.58. The average molecular weight is 502 g/mol. The number of halogens is 5. The van der Waals surface area contributed by atoms with E-state index in [0.717, 1.165) is 42.4 Å². The predicted molar refractivity (Wildman–Crippen MR) is 120 cm³/mol. The number of benzene rings is 2. The fourth-order valence-electron chi connectivity index (χ4n) is 4.35. The Morgan fingerprint density at radius 3 is 2.58 bits per heavy atom. The second kappa shape index (κ2) is 8.66. The zero-order chi connectivity index (χ0) is 25.7. The number of nitrogens with one attached hydrogen (secondary N) is 1. The molecule has 0 amide bonds. The second-order valence-electron chi connectivity index (χ2n) is 8.44. The van der Waals surface area contributed by atoms with E-state index in [1.54, 1.807) is 25.1 Å². The lowest BCUT2D eigenvalue weighted by atomic mass is 9.86. The van der Waals surface area contributed by atoms with Gasteiger partial charge >= 0.3 is 6.18 Å². The quantitative estimate of drug-likeness (QED) is 0.374. The Bertz CT molecular complexity index is 1460. The summed E-state index contributed by atoms with van der Waals surface area (Å²) in [6.07, 6.45) is -2.90. The maximum absolute atomic E-state index is 14.3. The van der Waals surface area contributed by atoms with Crippen LogP contribution in [-0.2, 0) is 18.2 Å². The summed E-state index contributed by atoms with van der Waals surface area (Å²) in [6, 6.07) is 8.63. The Kier molecular flexibility index (Phi) is 5.74. The van der Waals surface area contributed by atoms with Crippen LogP contribution in [0.3, 0.4) is 0 Å². The molecule has 2 unspecified atom stereocenters. The number of fused-ring (bicyclic) bond motifs is 2. The second-order valence-corrected chi connectivity index (χ2v) is 8.44. The molecule has 3 heterocycles. The minimum Gasteiger partial charge on any atom is -0.486 e. The summed E-state index contributed by atoms with van der Waals surface area (Å²) in [5.74, 6) is -0.850. The van der Waals surface area contributed by atoms with Crippen LogP contribution in [0.25, 0.3) is 10.9 Å². The molecule has 1 aliphatic rings. The Morgan fingerprint density at radius 2 is 1.81 bits per heavy atom. The Hall–Kier alpha value is -3.86.